The number of aromatic nitrogens is 1. The van der Waals surface area contributed by atoms with E-state index in [4.69, 9.17) is 27.9 Å². The van der Waals surface area contributed by atoms with Crippen LogP contribution in [0, 0.1) is 0 Å². The molecule has 0 aliphatic rings. The van der Waals surface area contributed by atoms with E-state index in [1.54, 1.807) is 0 Å². The first kappa shape index (κ1) is 19.9. The zero-order chi connectivity index (χ0) is 20.4. The van der Waals surface area contributed by atoms with Crippen LogP contribution in [0.4, 0.5) is 5.69 Å². The topological polar surface area (TPSA) is 46.4 Å². The van der Waals surface area contributed by atoms with Gasteiger partial charge in [0, 0.05) is 44.1 Å². The fourth-order valence-electron chi connectivity index (χ4n) is 3.59. The average molecular weight is 429 g/mol. The van der Waals surface area contributed by atoms with Crippen LogP contribution >= 0.6 is 23.2 Å². The highest BCUT2D eigenvalue weighted by Crippen LogP contribution is 2.33. The maximum atomic E-state index is 10.7. The van der Waals surface area contributed by atoms with Gasteiger partial charge in [-0.25, -0.2) is 0 Å². The van der Waals surface area contributed by atoms with Gasteiger partial charge in [-0.15, -0.1) is 0 Å². The third kappa shape index (κ3) is 4.30. The lowest BCUT2D eigenvalue weighted by molar-refractivity contribution is 0.169. The van der Waals surface area contributed by atoms with Crippen LogP contribution in [0.15, 0.2) is 60.7 Å². The van der Waals surface area contributed by atoms with Crippen LogP contribution in [0.25, 0.3) is 21.8 Å². The number of nitrogens with one attached hydrogen (secondary N) is 1. The highest BCUT2D eigenvalue weighted by atomic mass is 35.5. The Morgan fingerprint density at radius 3 is 2.07 bits per heavy atom. The number of nitrogens with zero attached hydrogens (tertiary/aromatic N) is 1. The molecule has 0 bridgehead atoms. The van der Waals surface area contributed by atoms with Gasteiger partial charge in [0.1, 0.15) is 5.75 Å². The summed E-state index contributed by atoms with van der Waals surface area (Å²) in [5.41, 5.74) is 2.98. The number of rotatable bonds is 7. The molecule has 0 radical (unpaired) electrons. The first-order valence-electron chi connectivity index (χ1n) is 9.57. The Hall–Kier alpha value is -2.40. The number of halogens is 2. The van der Waals surface area contributed by atoms with Gasteiger partial charge in [-0.05, 0) is 67.6 Å². The number of anilines is 1. The first-order valence-corrected chi connectivity index (χ1v) is 10.3. The first-order chi connectivity index (χ1) is 14.0. The van der Waals surface area contributed by atoms with Crippen LogP contribution in [0.2, 0.25) is 10.0 Å². The van der Waals surface area contributed by atoms with Crippen molar-refractivity contribution in [1.82, 2.24) is 4.57 Å². The zero-order valence-electron chi connectivity index (χ0n) is 16.0. The Morgan fingerprint density at radius 1 is 0.931 bits per heavy atom. The molecule has 1 atom stereocenters. The van der Waals surface area contributed by atoms with Crippen molar-refractivity contribution in [2.75, 3.05) is 18.5 Å². The highest BCUT2D eigenvalue weighted by Gasteiger charge is 2.14. The van der Waals surface area contributed by atoms with Crippen molar-refractivity contribution in [3.8, 4) is 5.75 Å². The fourth-order valence-corrected chi connectivity index (χ4v) is 3.94. The fraction of sp³-hybridized carbons (Fsp3) is 0.217. The van der Waals surface area contributed by atoms with Gasteiger partial charge < -0.3 is 19.7 Å². The van der Waals surface area contributed by atoms with Crippen molar-refractivity contribution in [3.63, 3.8) is 0 Å². The number of fused-ring (bicyclic) bond motifs is 3. The number of ether oxygens (including phenoxy) is 1. The Balaban J connectivity index is 1.55. The summed E-state index contributed by atoms with van der Waals surface area (Å²) in [5.74, 6) is 0.834. The Kier molecular flexibility index (Phi) is 5.86. The van der Waals surface area contributed by atoms with Crippen LogP contribution in [-0.4, -0.2) is 28.9 Å². The molecule has 6 heteroatoms. The molecule has 2 N–H and O–H groups in total. The lowest BCUT2D eigenvalue weighted by Crippen LogP contribution is -2.24. The van der Waals surface area contributed by atoms with Gasteiger partial charge in [-0.2, -0.15) is 0 Å². The van der Waals surface area contributed by atoms with Crippen LogP contribution in [-0.2, 0) is 6.54 Å². The smallest absolute Gasteiger partial charge is 0.119 e. The second kappa shape index (κ2) is 8.54. The molecular weight excluding hydrogens is 407 g/mol. The summed E-state index contributed by atoms with van der Waals surface area (Å²) in [6.45, 7) is 3.48. The van der Waals surface area contributed by atoms with Crippen LogP contribution in [0.5, 0.6) is 5.75 Å². The monoisotopic (exact) mass is 428 g/mol. The summed E-state index contributed by atoms with van der Waals surface area (Å²) in [6.07, 6.45) is -0.577. The molecule has 0 spiro atoms. The molecule has 1 heterocycles. The normalized spacial score (nSPS) is 12.4. The van der Waals surface area contributed by atoms with Gasteiger partial charge in [0.15, 0.2) is 0 Å². The van der Waals surface area contributed by atoms with E-state index in [1.165, 1.54) is 0 Å². The maximum Gasteiger partial charge on any atom is 0.119 e. The number of hydrogen-bond donors (Lipinski definition) is 2. The Labute approximate surface area is 179 Å². The van der Waals surface area contributed by atoms with Gasteiger partial charge in [0.2, 0.25) is 0 Å². The molecule has 3 aromatic carbocycles. The molecule has 0 unspecified atom stereocenters. The Morgan fingerprint density at radius 2 is 1.52 bits per heavy atom. The van der Waals surface area contributed by atoms with E-state index in [-0.39, 0.29) is 0 Å². The van der Waals surface area contributed by atoms with Gasteiger partial charge in [-0.3, -0.25) is 0 Å². The number of aliphatic hydroxyl groups excluding tert-OH is 1. The molecule has 0 amide bonds. The quantitative estimate of drug-likeness (QED) is 0.380. The van der Waals surface area contributed by atoms with Crippen molar-refractivity contribution in [2.24, 2.45) is 0 Å². The largest absolute Gasteiger partial charge is 0.494 e. The number of benzene rings is 3. The van der Waals surface area contributed by atoms with Gasteiger partial charge in [-0.1, -0.05) is 23.2 Å². The van der Waals surface area contributed by atoms with E-state index in [0.29, 0.717) is 29.7 Å². The van der Waals surface area contributed by atoms with Crippen LogP contribution in [0.1, 0.15) is 6.92 Å². The molecule has 4 aromatic rings. The molecule has 4 nitrogen and oxygen atoms in total. The minimum absolute atomic E-state index is 0.427. The zero-order valence-corrected chi connectivity index (χ0v) is 17.5. The SMILES string of the molecule is CCOc1ccc(NC[C@@H](O)Cn2c3ccc(Cl)cc3c3cc(Cl)ccc32)cc1. The van der Waals surface area contributed by atoms with E-state index in [0.717, 1.165) is 33.2 Å². The molecule has 0 fully saturated rings. The number of aliphatic hydroxyl groups is 1. The molecule has 0 saturated heterocycles. The lowest BCUT2D eigenvalue weighted by Gasteiger charge is -2.16. The summed E-state index contributed by atoms with van der Waals surface area (Å²) in [6, 6.07) is 19.3. The molecule has 150 valence electrons. The van der Waals surface area contributed by atoms with Gasteiger partial charge in [0.05, 0.1) is 19.3 Å². The maximum absolute atomic E-state index is 10.7. The third-order valence-electron chi connectivity index (χ3n) is 4.89. The highest BCUT2D eigenvalue weighted by molar-refractivity contribution is 6.33. The molecule has 1 aromatic heterocycles. The lowest BCUT2D eigenvalue weighted by atomic mass is 10.1. The van der Waals surface area contributed by atoms with Crippen molar-refractivity contribution in [3.05, 3.63) is 70.7 Å². The molecule has 0 aliphatic heterocycles. The predicted molar refractivity (Wildman–Crippen MR) is 122 cm³/mol. The van der Waals surface area contributed by atoms with Gasteiger partial charge >= 0.3 is 0 Å². The van der Waals surface area contributed by atoms with Crippen molar-refractivity contribution < 1.29 is 9.84 Å². The van der Waals surface area contributed by atoms with Crippen molar-refractivity contribution >= 4 is 50.7 Å². The second-order valence-electron chi connectivity index (χ2n) is 6.93. The van der Waals surface area contributed by atoms with Crippen LogP contribution in [0.3, 0.4) is 0 Å². The van der Waals surface area contributed by atoms with Crippen molar-refractivity contribution in [1.29, 1.82) is 0 Å². The van der Waals surface area contributed by atoms with Crippen molar-refractivity contribution in [2.45, 2.75) is 19.6 Å². The predicted octanol–water partition coefficient (Wildman–Crippen LogP) is 5.97. The molecule has 0 saturated carbocycles. The van der Waals surface area contributed by atoms with E-state index in [1.807, 2.05) is 67.6 Å². The number of hydrogen-bond acceptors (Lipinski definition) is 3. The van der Waals surface area contributed by atoms with E-state index in [9.17, 15) is 5.11 Å². The third-order valence-corrected chi connectivity index (χ3v) is 5.36. The van der Waals surface area contributed by atoms with E-state index < -0.39 is 6.10 Å². The minimum Gasteiger partial charge on any atom is -0.494 e. The van der Waals surface area contributed by atoms with E-state index in [2.05, 4.69) is 9.88 Å². The molecule has 0 aliphatic carbocycles. The summed E-state index contributed by atoms with van der Waals surface area (Å²) < 4.78 is 7.57. The standard InChI is InChI=1S/C23H22Cl2N2O2/c1-2-29-19-7-5-17(6-8-19)26-13-18(28)14-27-22-9-3-15(24)11-20(22)21-12-16(25)4-10-23(21)27/h3-12,18,26,28H,2,13-14H2,1H3/t18-/m1/s1. The summed E-state index contributed by atoms with van der Waals surface area (Å²) in [4.78, 5) is 0. The summed E-state index contributed by atoms with van der Waals surface area (Å²) >= 11 is 12.4. The van der Waals surface area contributed by atoms with Gasteiger partial charge in [0.25, 0.3) is 0 Å². The van der Waals surface area contributed by atoms with E-state index >= 15 is 0 Å². The summed E-state index contributed by atoms with van der Waals surface area (Å²) in [5, 5.41) is 17.4. The molecule has 4 rings (SSSR count). The summed E-state index contributed by atoms with van der Waals surface area (Å²) in [7, 11) is 0. The average Bonchev–Trinajstić information content (AvgIpc) is 3.00. The second-order valence-corrected chi connectivity index (χ2v) is 7.80. The Bertz CT molecular complexity index is 1080. The molecule has 29 heavy (non-hydrogen) atoms. The van der Waals surface area contributed by atoms with Crippen LogP contribution < -0.4 is 10.1 Å². The minimum atomic E-state index is -0.577. The molecular formula is C23H22Cl2N2O2.